The molecule has 0 fully saturated rings. The summed E-state index contributed by atoms with van der Waals surface area (Å²) in [6.07, 6.45) is 0.512. The molecule has 74 valence electrons. The summed E-state index contributed by atoms with van der Waals surface area (Å²) in [5, 5.41) is 1.76. The highest BCUT2D eigenvalue weighted by molar-refractivity contribution is 9.10. The van der Waals surface area contributed by atoms with Gasteiger partial charge >= 0.3 is 0 Å². The van der Waals surface area contributed by atoms with Crippen LogP contribution < -0.4 is 5.73 Å². The van der Waals surface area contributed by atoms with E-state index in [1.165, 1.54) is 11.3 Å². The quantitative estimate of drug-likeness (QED) is 0.914. The van der Waals surface area contributed by atoms with Crippen molar-refractivity contribution in [3.05, 3.63) is 15.9 Å². The molecule has 1 aromatic rings. The van der Waals surface area contributed by atoms with Crippen LogP contribution in [0.1, 0.15) is 6.42 Å². The van der Waals surface area contributed by atoms with Crippen LogP contribution in [-0.4, -0.2) is 20.7 Å². The first-order valence-electron chi connectivity index (χ1n) is 3.73. The number of halogens is 1. The van der Waals surface area contributed by atoms with Crippen LogP contribution in [-0.2, 0) is 9.84 Å². The lowest BCUT2D eigenvalue weighted by molar-refractivity contribution is 0.595. The van der Waals surface area contributed by atoms with Gasteiger partial charge in [0.15, 0.2) is 9.84 Å². The van der Waals surface area contributed by atoms with Crippen molar-refractivity contribution >= 4 is 37.1 Å². The normalized spacial score (nSPS) is 11.8. The van der Waals surface area contributed by atoms with Crippen molar-refractivity contribution in [3.8, 4) is 0 Å². The summed E-state index contributed by atoms with van der Waals surface area (Å²) in [5.74, 6) is 0.135. The van der Waals surface area contributed by atoms with Crippen molar-refractivity contribution in [2.75, 3.05) is 12.3 Å². The minimum absolute atomic E-state index is 0.135. The van der Waals surface area contributed by atoms with Crippen molar-refractivity contribution in [2.45, 2.75) is 10.6 Å². The Morgan fingerprint density at radius 2 is 2.23 bits per heavy atom. The Kier molecular flexibility index (Phi) is 3.90. The minimum Gasteiger partial charge on any atom is -0.330 e. The largest absolute Gasteiger partial charge is 0.330 e. The second kappa shape index (κ2) is 4.54. The Hall–Kier alpha value is 0.0900. The highest BCUT2D eigenvalue weighted by Gasteiger charge is 2.15. The molecule has 0 spiro atoms. The van der Waals surface area contributed by atoms with Crippen LogP contribution in [0.5, 0.6) is 0 Å². The molecular weight excluding hydrogens is 274 g/mol. The first kappa shape index (κ1) is 11.2. The molecule has 0 saturated heterocycles. The van der Waals surface area contributed by atoms with Crippen molar-refractivity contribution in [1.82, 2.24) is 0 Å². The first-order chi connectivity index (χ1) is 6.06. The molecule has 0 saturated carbocycles. The maximum Gasteiger partial charge on any atom is 0.187 e. The van der Waals surface area contributed by atoms with E-state index < -0.39 is 9.84 Å². The molecule has 1 heterocycles. The fourth-order valence-electron chi connectivity index (χ4n) is 0.832. The predicted octanol–water partition coefficient (Wildman–Crippen LogP) is 1.63. The van der Waals surface area contributed by atoms with E-state index in [1.807, 2.05) is 0 Å². The maximum absolute atomic E-state index is 11.5. The van der Waals surface area contributed by atoms with E-state index in [1.54, 1.807) is 11.4 Å². The number of nitrogens with two attached hydrogens (primary N) is 1. The number of rotatable bonds is 4. The molecular formula is C7H10BrNO2S2. The summed E-state index contributed by atoms with van der Waals surface area (Å²) < 4.78 is 24.3. The van der Waals surface area contributed by atoms with E-state index in [-0.39, 0.29) is 5.75 Å². The molecule has 0 aliphatic rings. The van der Waals surface area contributed by atoms with E-state index in [0.29, 0.717) is 17.2 Å². The Bertz CT molecular complexity index is 372. The van der Waals surface area contributed by atoms with Gasteiger partial charge in [0.05, 0.1) is 5.75 Å². The zero-order valence-electron chi connectivity index (χ0n) is 6.86. The van der Waals surface area contributed by atoms with Crippen LogP contribution in [0.25, 0.3) is 0 Å². The molecule has 13 heavy (non-hydrogen) atoms. The second-order valence-corrected chi connectivity index (χ2v) is 6.71. The van der Waals surface area contributed by atoms with Gasteiger partial charge in [0.2, 0.25) is 0 Å². The van der Waals surface area contributed by atoms with Gasteiger partial charge < -0.3 is 5.73 Å². The van der Waals surface area contributed by atoms with Crippen molar-refractivity contribution in [1.29, 1.82) is 0 Å². The molecule has 1 aromatic heterocycles. The zero-order valence-corrected chi connectivity index (χ0v) is 10.1. The van der Waals surface area contributed by atoms with Gasteiger partial charge in [-0.1, -0.05) is 0 Å². The summed E-state index contributed by atoms with van der Waals surface area (Å²) >= 11 is 4.45. The van der Waals surface area contributed by atoms with E-state index in [4.69, 9.17) is 5.73 Å². The molecule has 0 radical (unpaired) electrons. The standard InChI is InChI=1S/C7H10BrNO2S2/c8-6-4-7(12-5-6)13(10,11)3-1-2-9/h4-5H,1-3,9H2. The van der Waals surface area contributed by atoms with Crippen LogP contribution in [0.3, 0.4) is 0 Å². The van der Waals surface area contributed by atoms with Crippen molar-refractivity contribution < 1.29 is 8.42 Å². The summed E-state index contributed by atoms with van der Waals surface area (Å²) in [6, 6.07) is 1.62. The minimum atomic E-state index is -3.09. The number of hydrogen-bond donors (Lipinski definition) is 1. The fourth-order valence-corrected chi connectivity index (χ4v) is 4.17. The Morgan fingerprint density at radius 3 is 2.69 bits per heavy atom. The van der Waals surface area contributed by atoms with Gasteiger partial charge in [-0.2, -0.15) is 0 Å². The smallest absolute Gasteiger partial charge is 0.187 e. The van der Waals surface area contributed by atoms with Gasteiger partial charge in [0.25, 0.3) is 0 Å². The summed E-state index contributed by atoms with van der Waals surface area (Å²) in [5.41, 5.74) is 5.25. The molecule has 0 atom stereocenters. The van der Waals surface area contributed by atoms with E-state index in [2.05, 4.69) is 15.9 Å². The topological polar surface area (TPSA) is 60.2 Å². The van der Waals surface area contributed by atoms with Crippen LogP contribution in [0, 0.1) is 0 Å². The van der Waals surface area contributed by atoms with Crippen LogP contribution in [0.2, 0.25) is 0 Å². The molecule has 0 unspecified atom stereocenters. The Morgan fingerprint density at radius 1 is 1.54 bits per heavy atom. The third-order valence-corrected chi connectivity index (χ3v) is 5.56. The van der Waals surface area contributed by atoms with Crippen molar-refractivity contribution in [2.24, 2.45) is 5.73 Å². The highest BCUT2D eigenvalue weighted by atomic mass is 79.9. The molecule has 0 aliphatic carbocycles. The fraction of sp³-hybridized carbons (Fsp3) is 0.429. The van der Waals surface area contributed by atoms with Gasteiger partial charge in [-0.15, -0.1) is 11.3 Å². The van der Waals surface area contributed by atoms with Gasteiger partial charge in [0, 0.05) is 9.85 Å². The van der Waals surface area contributed by atoms with Gasteiger partial charge in [-0.3, -0.25) is 0 Å². The molecule has 2 N–H and O–H groups in total. The SMILES string of the molecule is NCCCS(=O)(=O)c1cc(Br)cs1. The van der Waals surface area contributed by atoms with Gasteiger partial charge in [-0.05, 0) is 35.0 Å². The average molecular weight is 284 g/mol. The Labute approximate surface area is 90.0 Å². The summed E-state index contributed by atoms with van der Waals surface area (Å²) in [7, 11) is -3.09. The van der Waals surface area contributed by atoms with Crippen molar-refractivity contribution in [3.63, 3.8) is 0 Å². The van der Waals surface area contributed by atoms with Gasteiger partial charge in [0.1, 0.15) is 4.21 Å². The number of thiophene rings is 1. The van der Waals surface area contributed by atoms with E-state index in [9.17, 15) is 8.42 Å². The number of hydrogen-bond acceptors (Lipinski definition) is 4. The zero-order chi connectivity index (χ0) is 9.90. The summed E-state index contributed by atoms with van der Waals surface area (Å²) in [6.45, 7) is 0.409. The Balaban J connectivity index is 2.82. The molecule has 6 heteroatoms. The molecule has 3 nitrogen and oxygen atoms in total. The molecule has 0 amide bonds. The molecule has 1 rings (SSSR count). The number of sulfone groups is 1. The van der Waals surface area contributed by atoms with Crippen LogP contribution in [0.4, 0.5) is 0 Å². The monoisotopic (exact) mass is 283 g/mol. The first-order valence-corrected chi connectivity index (χ1v) is 7.05. The lowest BCUT2D eigenvalue weighted by atomic mass is 10.5. The highest BCUT2D eigenvalue weighted by Crippen LogP contribution is 2.25. The lowest BCUT2D eigenvalue weighted by Crippen LogP contribution is -2.10. The van der Waals surface area contributed by atoms with Crippen LogP contribution in [0.15, 0.2) is 20.1 Å². The van der Waals surface area contributed by atoms with E-state index >= 15 is 0 Å². The molecule has 0 bridgehead atoms. The van der Waals surface area contributed by atoms with E-state index in [0.717, 1.165) is 4.47 Å². The van der Waals surface area contributed by atoms with Crippen LogP contribution >= 0.6 is 27.3 Å². The third kappa shape index (κ3) is 3.05. The average Bonchev–Trinajstić information content (AvgIpc) is 2.49. The second-order valence-electron chi connectivity index (χ2n) is 2.55. The summed E-state index contributed by atoms with van der Waals surface area (Å²) in [4.78, 5) is 0. The molecule has 0 aliphatic heterocycles. The third-order valence-electron chi connectivity index (χ3n) is 1.47. The van der Waals surface area contributed by atoms with Gasteiger partial charge in [-0.25, -0.2) is 8.42 Å². The lowest BCUT2D eigenvalue weighted by Gasteiger charge is -1.98. The predicted molar refractivity (Wildman–Crippen MR) is 57.7 cm³/mol. The molecule has 0 aromatic carbocycles. The maximum atomic E-state index is 11.5.